The normalized spacial score (nSPS) is 22.5. The van der Waals surface area contributed by atoms with Crippen molar-refractivity contribution in [3.8, 4) is 0 Å². The van der Waals surface area contributed by atoms with Crippen molar-refractivity contribution in [3.63, 3.8) is 0 Å². The number of aromatic amines is 2. The van der Waals surface area contributed by atoms with Crippen LogP contribution in [0.3, 0.4) is 0 Å². The van der Waals surface area contributed by atoms with Crippen LogP contribution in [0.25, 0.3) is 0 Å². The maximum atomic E-state index is 11.9. The standard InChI is InChI=1S/C14H23N3O2/c1-4-5-10-8-14(2,3)6-7-17(10)11-9-15-13(19)16-12(11)18/h9-10H,4-8H2,1-3H3,(H2,15,16,18,19)/t10-/m1/s1. The number of nitrogens with zero attached hydrogens (tertiary/aromatic N) is 1. The van der Waals surface area contributed by atoms with Crippen molar-refractivity contribution < 1.29 is 0 Å². The lowest BCUT2D eigenvalue weighted by Crippen LogP contribution is -2.48. The molecule has 2 N–H and O–H groups in total. The molecule has 1 saturated heterocycles. The third-order valence-electron chi connectivity index (χ3n) is 3.99. The maximum absolute atomic E-state index is 11.9. The fourth-order valence-electron chi connectivity index (χ4n) is 2.98. The van der Waals surface area contributed by atoms with E-state index in [4.69, 9.17) is 0 Å². The van der Waals surface area contributed by atoms with E-state index in [0.29, 0.717) is 17.1 Å². The first kappa shape index (κ1) is 13.9. The minimum absolute atomic E-state index is 0.287. The molecular weight excluding hydrogens is 242 g/mol. The molecular formula is C14H23N3O2. The van der Waals surface area contributed by atoms with Gasteiger partial charge in [-0.05, 0) is 24.7 Å². The summed E-state index contributed by atoms with van der Waals surface area (Å²) in [7, 11) is 0. The number of hydrogen-bond donors (Lipinski definition) is 2. The van der Waals surface area contributed by atoms with E-state index in [0.717, 1.165) is 32.2 Å². The van der Waals surface area contributed by atoms with E-state index in [-0.39, 0.29) is 5.56 Å². The highest BCUT2D eigenvalue weighted by atomic mass is 16.2. The van der Waals surface area contributed by atoms with Gasteiger partial charge in [0.1, 0.15) is 5.69 Å². The Balaban J connectivity index is 2.31. The van der Waals surface area contributed by atoms with Gasteiger partial charge in [-0.2, -0.15) is 0 Å². The number of H-pyrrole nitrogens is 2. The molecule has 0 bridgehead atoms. The SMILES string of the molecule is CCC[C@@H]1CC(C)(C)CCN1c1c[nH]c(=O)[nH]c1=O. The molecule has 1 fully saturated rings. The van der Waals surface area contributed by atoms with E-state index in [9.17, 15) is 9.59 Å². The van der Waals surface area contributed by atoms with Crippen molar-refractivity contribution >= 4 is 5.69 Å². The summed E-state index contributed by atoms with van der Waals surface area (Å²) >= 11 is 0. The van der Waals surface area contributed by atoms with Crippen molar-refractivity contribution in [3.05, 3.63) is 27.0 Å². The first-order valence-electron chi connectivity index (χ1n) is 7.01. The summed E-state index contributed by atoms with van der Waals surface area (Å²) in [4.78, 5) is 30.1. The molecule has 2 rings (SSSR count). The fraction of sp³-hybridized carbons (Fsp3) is 0.714. The Labute approximate surface area is 113 Å². The molecule has 0 saturated carbocycles. The van der Waals surface area contributed by atoms with Crippen molar-refractivity contribution in [2.45, 2.75) is 52.5 Å². The van der Waals surface area contributed by atoms with Crippen molar-refractivity contribution in [2.24, 2.45) is 5.41 Å². The van der Waals surface area contributed by atoms with Gasteiger partial charge in [-0.25, -0.2) is 4.79 Å². The van der Waals surface area contributed by atoms with Gasteiger partial charge >= 0.3 is 5.69 Å². The molecule has 19 heavy (non-hydrogen) atoms. The molecule has 1 aromatic heterocycles. The molecule has 2 heterocycles. The molecule has 0 amide bonds. The molecule has 5 nitrogen and oxygen atoms in total. The first-order valence-corrected chi connectivity index (χ1v) is 7.01. The predicted octanol–water partition coefficient (Wildman–Crippen LogP) is 1.86. The molecule has 0 aliphatic carbocycles. The lowest BCUT2D eigenvalue weighted by Gasteiger charge is -2.44. The monoisotopic (exact) mass is 265 g/mol. The van der Waals surface area contributed by atoms with E-state index in [1.807, 2.05) is 0 Å². The highest BCUT2D eigenvalue weighted by molar-refractivity contribution is 5.43. The second kappa shape index (κ2) is 5.23. The predicted molar refractivity (Wildman–Crippen MR) is 76.7 cm³/mol. The number of piperidine rings is 1. The lowest BCUT2D eigenvalue weighted by molar-refractivity contribution is 0.229. The number of hydrogen-bond acceptors (Lipinski definition) is 3. The molecule has 1 aliphatic rings. The van der Waals surface area contributed by atoms with Gasteiger partial charge in [-0.15, -0.1) is 0 Å². The molecule has 0 unspecified atom stereocenters. The van der Waals surface area contributed by atoms with Gasteiger partial charge in [-0.1, -0.05) is 27.2 Å². The second-order valence-electron chi connectivity index (χ2n) is 6.21. The molecule has 1 aliphatic heterocycles. The molecule has 1 atom stereocenters. The Hall–Kier alpha value is -1.52. The van der Waals surface area contributed by atoms with E-state index < -0.39 is 5.69 Å². The third-order valence-corrected chi connectivity index (χ3v) is 3.99. The Morgan fingerprint density at radius 2 is 2.16 bits per heavy atom. The van der Waals surface area contributed by atoms with Gasteiger partial charge in [0.2, 0.25) is 0 Å². The summed E-state index contributed by atoms with van der Waals surface area (Å²) in [5, 5.41) is 0. The van der Waals surface area contributed by atoms with Gasteiger partial charge in [0, 0.05) is 18.8 Å². The quantitative estimate of drug-likeness (QED) is 0.876. The van der Waals surface area contributed by atoms with Crippen LogP contribution in [0, 0.1) is 5.41 Å². The maximum Gasteiger partial charge on any atom is 0.325 e. The smallest absolute Gasteiger partial charge is 0.325 e. The summed E-state index contributed by atoms with van der Waals surface area (Å²) in [6, 6.07) is 0.376. The van der Waals surface area contributed by atoms with Crippen molar-refractivity contribution in [1.29, 1.82) is 0 Å². The highest BCUT2D eigenvalue weighted by Gasteiger charge is 2.33. The Kier molecular flexibility index (Phi) is 3.83. The van der Waals surface area contributed by atoms with Crippen LogP contribution in [-0.4, -0.2) is 22.6 Å². The van der Waals surface area contributed by atoms with Gasteiger partial charge in [-0.3, -0.25) is 9.78 Å². The topological polar surface area (TPSA) is 69.0 Å². The van der Waals surface area contributed by atoms with E-state index in [1.54, 1.807) is 6.20 Å². The summed E-state index contributed by atoms with van der Waals surface area (Å²) in [5.41, 5.74) is 0.182. The highest BCUT2D eigenvalue weighted by Crippen LogP contribution is 2.36. The minimum atomic E-state index is -0.446. The Morgan fingerprint density at radius 1 is 1.42 bits per heavy atom. The van der Waals surface area contributed by atoms with Crippen molar-refractivity contribution in [2.75, 3.05) is 11.4 Å². The van der Waals surface area contributed by atoms with E-state index in [2.05, 4.69) is 35.6 Å². The molecule has 5 heteroatoms. The number of aromatic nitrogens is 2. The molecule has 0 radical (unpaired) electrons. The van der Waals surface area contributed by atoms with Crippen molar-refractivity contribution in [1.82, 2.24) is 9.97 Å². The van der Waals surface area contributed by atoms with E-state index >= 15 is 0 Å². The molecule has 0 spiro atoms. The van der Waals surface area contributed by atoms with Crippen LogP contribution in [0.1, 0.15) is 46.5 Å². The van der Waals surface area contributed by atoms with Gasteiger partial charge in [0.05, 0.1) is 0 Å². The summed E-state index contributed by atoms with van der Waals surface area (Å²) in [5.74, 6) is 0. The summed E-state index contributed by atoms with van der Waals surface area (Å²) < 4.78 is 0. The van der Waals surface area contributed by atoms with Gasteiger partial charge in [0.15, 0.2) is 0 Å². The van der Waals surface area contributed by atoms with Crippen LogP contribution in [0.15, 0.2) is 15.8 Å². The van der Waals surface area contributed by atoms with Gasteiger partial charge in [0.25, 0.3) is 5.56 Å². The number of nitrogens with one attached hydrogen (secondary N) is 2. The van der Waals surface area contributed by atoms with Crippen LogP contribution in [0.4, 0.5) is 5.69 Å². The van der Waals surface area contributed by atoms with E-state index in [1.165, 1.54) is 0 Å². The Morgan fingerprint density at radius 3 is 2.79 bits per heavy atom. The largest absolute Gasteiger partial charge is 0.363 e. The molecule has 0 aromatic carbocycles. The second-order valence-corrected chi connectivity index (χ2v) is 6.21. The molecule has 106 valence electrons. The van der Waals surface area contributed by atoms with Crippen LogP contribution in [-0.2, 0) is 0 Å². The fourth-order valence-corrected chi connectivity index (χ4v) is 2.98. The zero-order valence-electron chi connectivity index (χ0n) is 12.0. The zero-order chi connectivity index (χ0) is 14.0. The van der Waals surface area contributed by atoms with Crippen LogP contribution >= 0.6 is 0 Å². The summed E-state index contributed by atoms with van der Waals surface area (Å²) in [6.07, 6.45) is 5.85. The van der Waals surface area contributed by atoms with Crippen LogP contribution in [0.2, 0.25) is 0 Å². The lowest BCUT2D eigenvalue weighted by atomic mass is 9.77. The number of rotatable bonds is 3. The van der Waals surface area contributed by atoms with Gasteiger partial charge < -0.3 is 9.88 Å². The minimum Gasteiger partial charge on any atom is -0.363 e. The van der Waals surface area contributed by atoms with Crippen LogP contribution in [0.5, 0.6) is 0 Å². The third kappa shape index (κ3) is 3.08. The zero-order valence-corrected chi connectivity index (χ0v) is 12.0. The first-order chi connectivity index (χ1) is 8.93. The molecule has 1 aromatic rings. The summed E-state index contributed by atoms with van der Waals surface area (Å²) in [6.45, 7) is 7.60. The number of anilines is 1. The average molecular weight is 265 g/mol. The van der Waals surface area contributed by atoms with Crippen LogP contribution < -0.4 is 16.1 Å². The Bertz CT molecular complexity index is 544. The average Bonchev–Trinajstić information content (AvgIpc) is 2.30.